The number of carboxylic acids is 1. The van der Waals surface area contributed by atoms with Crippen LogP contribution in [-0.4, -0.2) is 39.6 Å². The fraction of sp³-hybridized carbons (Fsp3) is 0.278. The Morgan fingerprint density at radius 1 is 1.13 bits per heavy atom. The molecule has 1 aliphatic carbocycles. The number of nitrogens with zero attached hydrogens (tertiary/aromatic N) is 2. The average Bonchev–Trinajstić information content (AvgIpc) is 3.47. The Kier molecular flexibility index (Phi) is 10.8. The Morgan fingerprint density at radius 2 is 1.91 bits per heavy atom. The number of nitrogens with one attached hydrogen (secondary N) is 1. The van der Waals surface area contributed by atoms with Gasteiger partial charge in [-0.05, 0) is 54.7 Å². The van der Waals surface area contributed by atoms with E-state index in [0.29, 0.717) is 51.6 Å². The number of halogens is 2. The molecule has 1 aliphatic rings. The van der Waals surface area contributed by atoms with Crippen LogP contribution in [0.2, 0.25) is 5.02 Å². The predicted octanol–water partition coefficient (Wildman–Crippen LogP) is 6.19. The maximum absolute atomic E-state index is 14.7. The number of ether oxygens (including phenoxy) is 2. The first-order chi connectivity index (χ1) is 22.6. The van der Waals surface area contributed by atoms with Crippen LogP contribution in [0.3, 0.4) is 0 Å². The number of hydrogen-bond acceptors (Lipinski definition) is 8. The maximum Gasteiger partial charge on any atom is 0.309 e. The SMILES string of the molecule is C[C@@H](O)[C@H](CC(=O)CNCc1cc(Cl)c(O[C@H]2CCc3c(-c4ccccc4F)cccc32)cc1OCc1cncc(C#N)c1)C(=O)O. The number of nitriles is 1. The molecule has 0 unspecified atom stereocenters. The quantitative estimate of drug-likeness (QED) is 0.145. The Morgan fingerprint density at radius 3 is 2.66 bits per heavy atom. The van der Waals surface area contributed by atoms with Gasteiger partial charge in [0.15, 0.2) is 0 Å². The van der Waals surface area contributed by atoms with Crippen LogP contribution >= 0.6 is 11.6 Å². The monoisotopic (exact) mass is 657 g/mol. The molecule has 4 aromatic rings. The second kappa shape index (κ2) is 15.2. The smallest absolute Gasteiger partial charge is 0.309 e. The van der Waals surface area contributed by atoms with Crippen LogP contribution in [0.1, 0.15) is 53.7 Å². The number of Topliss-reactive ketones (excluding diaryl/α,β-unsaturated/α-hetero) is 1. The van der Waals surface area contributed by atoms with E-state index in [0.717, 1.165) is 16.7 Å². The topological polar surface area (TPSA) is 142 Å². The van der Waals surface area contributed by atoms with Crippen molar-refractivity contribution < 1.29 is 33.7 Å². The molecule has 242 valence electrons. The Hall–Kier alpha value is -4.82. The van der Waals surface area contributed by atoms with Crippen LogP contribution in [-0.2, 0) is 29.2 Å². The van der Waals surface area contributed by atoms with E-state index >= 15 is 0 Å². The molecule has 0 saturated carbocycles. The molecule has 0 bridgehead atoms. The summed E-state index contributed by atoms with van der Waals surface area (Å²) in [5.74, 6) is -2.31. The highest BCUT2D eigenvalue weighted by molar-refractivity contribution is 6.32. The van der Waals surface area contributed by atoms with Crippen molar-refractivity contribution >= 4 is 23.4 Å². The van der Waals surface area contributed by atoms with E-state index in [4.69, 9.17) is 21.1 Å². The van der Waals surface area contributed by atoms with E-state index in [9.17, 15) is 29.5 Å². The lowest BCUT2D eigenvalue weighted by Gasteiger charge is -2.20. The van der Waals surface area contributed by atoms with E-state index in [1.807, 2.05) is 24.3 Å². The summed E-state index contributed by atoms with van der Waals surface area (Å²) >= 11 is 6.73. The number of aliphatic hydroxyl groups is 1. The van der Waals surface area contributed by atoms with Gasteiger partial charge in [-0.3, -0.25) is 14.6 Å². The molecule has 3 atom stereocenters. The molecule has 9 nitrogen and oxygen atoms in total. The van der Waals surface area contributed by atoms with Crippen molar-refractivity contribution in [1.82, 2.24) is 10.3 Å². The summed E-state index contributed by atoms with van der Waals surface area (Å²) in [4.78, 5) is 28.0. The molecule has 0 fully saturated rings. The van der Waals surface area contributed by atoms with Crippen molar-refractivity contribution in [2.45, 2.75) is 51.5 Å². The van der Waals surface area contributed by atoms with Crippen molar-refractivity contribution in [2.24, 2.45) is 5.92 Å². The Balaban J connectivity index is 1.37. The standard InChI is InChI=1S/C36H33ClFN3O6/c1-21(42)30(36(44)45)13-25(43)19-41-18-24-12-31(37)35(14-34(24)46-20-23-11-22(15-39)16-40-17-23)47-33-10-9-27-26(6-4-7-29(27)33)28-5-2-3-8-32(28)38/h2-8,11-12,14,16-17,21,30,33,41-42H,9-10,13,18-20H2,1H3,(H,44,45)/t21-,30+,33+/m1/s1. The minimum atomic E-state index is -1.24. The second-order valence-corrected chi connectivity index (χ2v) is 11.8. The fourth-order valence-corrected chi connectivity index (χ4v) is 5.90. The van der Waals surface area contributed by atoms with E-state index in [-0.39, 0.29) is 43.8 Å². The van der Waals surface area contributed by atoms with Crippen molar-refractivity contribution in [1.29, 1.82) is 5.26 Å². The molecule has 3 aromatic carbocycles. The Labute approximate surface area is 276 Å². The molecule has 0 radical (unpaired) electrons. The van der Waals surface area contributed by atoms with Gasteiger partial charge in [0.25, 0.3) is 0 Å². The number of aliphatic carboxylic acids is 1. The molecule has 0 spiro atoms. The lowest BCUT2D eigenvalue weighted by molar-refractivity contribution is -0.147. The van der Waals surface area contributed by atoms with Crippen molar-refractivity contribution in [3.63, 3.8) is 0 Å². The maximum atomic E-state index is 14.7. The first-order valence-electron chi connectivity index (χ1n) is 15.1. The van der Waals surface area contributed by atoms with Crippen LogP contribution in [0.5, 0.6) is 11.5 Å². The zero-order chi connectivity index (χ0) is 33.5. The predicted molar refractivity (Wildman–Crippen MR) is 172 cm³/mol. The first kappa shape index (κ1) is 33.5. The third-order valence-corrected chi connectivity index (χ3v) is 8.36. The number of benzene rings is 3. The van der Waals surface area contributed by atoms with Gasteiger partial charge in [-0.2, -0.15) is 5.26 Å². The van der Waals surface area contributed by atoms with Gasteiger partial charge < -0.3 is 25.0 Å². The van der Waals surface area contributed by atoms with Gasteiger partial charge in [0.05, 0.1) is 29.2 Å². The zero-order valence-corrected chi connectivity index (χ0v) is 26.3. The summed E-state index contributed by atoms with van der Waals surface area (Å²) in [5, 5.41) is 31.6. The molecular weight excluding hydrogens is 625 g/mol. The highest BCUT2D eigenvalue weighted by atomic mass is 35.5. The highest BCUT2D eigenvalue weighted by Gasteiger charge is 2.29. The number of rotatable bonds is 14. The number of ketones is 1. The van der Waals surface area contributed by atoms with E-state index < -0.39 is 18.0 Å². The summed E-state index contributed by atoms with van der Waals surface area (Å²) < 4.78 is 27.3. The number of carbonyl (C=O) groups is 2. The van der Waals surface area contributed by atoms with Gasteiger partial charge in [0.2, 0.25) is 0 Å². The van der Waals surface area contributed by atoms with Gasteiger partial charge in [-0.25, -0.2) is 4.39 Å². The third kappa shape index (κ3) is 8.13. The summed E-state index contributed by atoms with van der Waals surface area (Å²) in [7, 11) is 0. The fourth-order valence-electron chi connectivity index (χ4n) is 5.67. The number of aromatic nitrogens is 1. The van der Waals surface area contributed by atoms with Crippen molar-refractivity contribution in [3.05, 3.63) is 112 Å². The summed E-state index contributed by atoms with van der Waals surface area (Å²) in [5.41, 5.74) is 4.99. The van der Waals surface area contributed by atoms with Crippen molar-refractivity contribution in [3.8, 4) is 28.7 Å². The summed E-state index contributed by atoms with van der Waals surface area (Å²) in [6.07, 6.45) is 2.57. The number of carbonyl (C=O) groups excluding carboxylic acids is 1. The van der Waals surface area contributed by atoms with Crippen LogP contribution in [0.4, 0.5) is 4.39 Å². The number of aliphatic hydroxyl groups excluding tert-OH is 1. The molecule has 0 aliphatic heterocycles. The zero-order valence-electron chi connectivity index (χ0n) is 25.6. The van der Waals surface area contributed by atoms with Gasteiger partial charge in [-0.15, -0.1) is 0 Å². The minimum absolute atomic E-state index is 0.0858. The normalized spacial score (nSPS) is 14.9. The molecule has 1 aromatic heterocycles. The van der Waals surface area contributed by atoms with E-state index in [1.54, 1.807) is 36.5 Å². The summed E-state index contributed by atoms with van der Waals surface area (Å²) in [6.45, 7) is 1.44. The van der Waals surface area contributed by atoms with Crippen LogP contribution in [0, 0.1) is 23.1 Å². The second-order valence-electron chi connectivity index (χ2n) is 11.4. The van der Waals surface area contributed by atoms with Crippen molar-refractivity contribution in [2.75, 3.05) is 6.54 Å². The van der Waals surface area contributed by atoms with Gasteiger partial charge in [0, 0.05) is 48.1 Å². The molecule has 11 heteroatoms. The van der Waals surface area contributed by atoms with Gasteiger partial charge in [-0.1, -0.05) is 48.0 Å². The molecule has 0 saturated heterocycles. The summed E-state index contributed by atoms with van der Waals surface area (Å²) in [6, 6.07) is 19.5. The average molecular weight is 658 g/mol. The molecule has 47 heavy (non-hydrogen) atoms. The van der Waals surface area contributed by atoms with E-state index in [2.05, 4.69) is 16.4 Å². The van der Waals surface area contributed by atoms with Gasteiger partial charge >= 0.3 is 5.97 Å². The molecule has 3 N–H and O–H groups in total. The Bertz CT molecular complexity index is 1830. The molecule has 1 heterocycles. The number of fused-ring (bicyclic) bond motifs is 1. The number of pyridine rings is 1. The van der Waals surface area contributed by atoms with Gasteiger partial charge in [0.1, 0.15) is 41.9 Å². The van der Waals surface area contributed by atoms with E-state index in [1.165, 1.54) is 19.2 Å². The van der Waals surface area contributed by atoms with Crippen LogP contribution < -0.4 is 14.8 Å². The molecular formula is C36H33ClFN3O6. The first-order valence-corrected chi connectivity index (χ1v) is 15.5. The lowest BCUT2D eigenvalue weighted by atomic mass is 9.96. The van der Waals surface area contributed by atoms with Crippen LogP contribution in [0.15, 0.2) is 73.1 Å². The lowest BCUT2D eigenvalue weighted by Crippen LogP contribution is -2.31. The third-order valence-electron chi connectivity index (χ3n) is 8.07. The molecule has 0 amide bonds. The number of hydrogen-bond donors (Lipinski definition) is 3. The largest absolute Gasteiger partial charge is 0.488 e. The number of carboxylic acid groups (broad SMARTS) is 1. The van der Waals surface area contributed by atoms with Crippen LogP contribution in [0.25, 0.3) is 11.1 Å². The molecule has 5 rings (SSSR count). The highest BCUT2D eigenvalue weighted by Crippen LogP contribution is 2.43. The minimum Gasteiger partial charge on any atom is -0.488 e.